The van der Waals surface area contributed by atoms with Crippen LogP contribution in [0, 0.1) is 0 Å². The van der Waals surface area contributed by atoms with Crippen LogP contribution in [0.2, 0.25) is 0 Å². The molecule has 0 saturated carbocycles. The lowest BCUT2D eigenvalue weighted by Gasteiger charge is -2.32. The predicted molar refractivity (Wildman–Crippen MR) is 68.7 cm³/mol. The highest BCUT2D eigenvalue weighted by molar-refractivity contribution is 8.00. The zero-order chi connectivity index (χ0) is 13.3. The summed E-state index contributed by atoms with van der Waals surface area (Å²) in [6.07, 6.45) is 0.705. The quantitative estimate of drug-likeness (QED) is 0.819. The van der Waals surface area contributed by atoms with E-state index in [0.717, 1.165) is 4.90 Å². The van der Waals surface area contributed by atoms with E-state index in [-0.39, 0.29) is 11.7 Å². The Hall–Kier alpha value is -1.82. The fraction of sp³-hybridized carbons (Fsp3) is 0.250. The number of rotatable bonds is 3. The van der Waals surface area contributed by atoms with Gasteiger partial charge in [-0.2, -0.15) is 0 Å². The normalized spacial score (nSPS) is 16.1. The van der Waals surface area contributed by atoms with Crippen molar-refractivity contribution >= 4 is 35.5 Å². The molecule has 0 aliphatic carbocycles. The van der Waals surface area contributed by atoms with Gasteiger partial charge >= 0.3 is 0 Å². The summed E-state index contributed by atoms with van der Waals surface area (Å²) >= 11 is 1.39. The first-order valence-corrected chi connectivity index (χ1v) is 6.36. The molecule has 1 aliphatic heterocycles. The number of benzene rings is 1. The molecule has 2 N–H and O–H groups in total. The molecule has 0 bridgehead atoms. The van der Waals surface area contributed by atoms with Crippen molar-refractivity contribution in [1.29, 1.82) is 0 Å². The van der Waals surface area contributed by atoms with Gasteiger partial charge in [-0.05, 0) is 19.1 Å². The smallest absolute Gasteiger partial charge is 0.240 e. The molecule has 0 saturated heterocycles. The van der Waals surface area contributed by atoms with E-state index in [1.165, 1.54) is 16.7 Å². The zero-order valence-electron chi connectivity index (χ0n) is 9.75. The van der Waals surface area contributed by atoms with Gasteiger partial charge in [-0.15, -0.1) is 11.8 Å². The monoisotopic (exact) mass is 264 g/mol. The zero-order valence-corrected chi connectivity index (χ0v) is 10.6. The third kappa shape index (κ3) is 2.11. The standard InChI is InChI=1S/C12H12N2O3S/c1-7(12(13)17)14-9-4-8(5-15)2-3-10(9)18-6-11(14)16/h2-5,7H,6H2,1H3,(H2,13,17). The predicted octanol–water partition coefficient (Wildman–Crippen LogP) is 0.812. The van der Waals surface area contributed by atoms with E-state index in [1.807, 2.05) is 0 Å². The number of hydrogen-bond donors (Lipinski definition) is 1. The number of nitrogens with two attached hydrogens (primary N) is 1. The molecule has 0 radical (unpaired) electrons. The van der Waals surface area contributed by atoms with Gasteiger partial charge in [0.2, 0.25) is 11.8 Å². The molecular formula is C12H12N2O3S. The van der Waals surface area contributed by atoms with Crippen LogP contribution in [0.5, 0.6) is 0 Å². The van der Waals surface area contributed by atoms with Crippen molar-refractivity contribution in [3.8, 4) is 0 Å². The van der Waals surface area contributed by atoms with E-state index in [1.54, 1.807) is 25.1 Å². The summed E-state index contributed by atoms with van der Waals surface area (Å²) in [6.45, 7) is 1.58. The van der Waals surface area contributed by atoms with Gasteiger partial charge in [-0.1, -0.05) is 6.07 Å². The number of carbonyl (C=O) groups is 3. The first-order chi connectivity index (χ1) is 8.54. The summed E-state index contributed by atoms with van der Waals surface area (Å²) in [4.78, 5) is 36.2. The highest BCUT2D eigenvalue weighted by Gasteiger charge is 2.31. The Morgan fingerprint density at radius 3 is 2.89 bits per heavy atom. The first kappa shape index (κ1) is 12.6. The molecule has 1 aromatic carbocycles. The van der Waals surface area contributed by atoms with Crippen molar-refractivity contribution in [3.63, 3.8) is 0 Å². The topological polar surface area (TPSA) is 80.5 Å². The number of fused-ring (bicyclic) bond motifs is 1. The van der Waals surface area contributed by atoms with Gasteiger partial charge in [0.05, 0.1) is 11.4 Å². The first-order valence-electron chi connectivity index (χ1n) is 5.38. The van der Waals surface area contributed by atoms with Crippen molar-refractivity contribution in [3.05, 3.63) is 23.8 Å². The van der Waals surface area contributed by atoms with Crippen molar-refractivity contribution < 1.29 is 14.4 Å². The SMILES string of the molecule is CC(C(N)=O)N1C(=O)CSc2ccc(C=O)cc21. The minimum absolute atomic E-state index is 0.179. The summed E-state index contributed by atoms with van der Waals surface area (Å²) in [5, 5.41) is 0. The second-order valence-electron chi connectivity index (χ2n) is 3.98. The third-order valence-corrected chi connectivity index (χ3v) is 3.85. The van der Waals surface area contributed by atoms with E-state index >= 15 is 0 Å². The number of primary amides is 1. The molecule has 94 valence electrons. The number of hydrogen-bond acceptors (Lipinski definition) is 4. The maximum Gasteiger partial charge on any atom is 0.240 e. The van der Waals surface area contributed by atoms with Gasteiger partial charge < -0.3 is 5.73 Å². The lowest BCUT2D eigenvalue weighted by atomic mass is 10.1. The lowest BCUT2D eigenvalue weighted by Crippen LogP contribution is -2.48. The fourth-order valence-corrected chi connectivity index (χ4v) is 2.70. The van der Waals surface area contributed by atoms with Gasteiger partial charge in [-0.25, -0.2) is 0 Å². The summed E-state index contributed by atoms with van der Waals surface area (Å²) < 4.78 is 0. The maximum absolute atomic E-state index is 11.9. The van der Waals surface area contributed by atoms with Crippen LogP contribution in [0.15, 0.2) is 23.1 Å². The maximum atomic E-state index is 11.9. The second kappa shape index (κ2) is 4.81. The molecule has 6 heteroatoms. The van der Waals surface area contributed by atoms with E-state index in [2.05, 4.69) is 0 Å². The van der Waals surface area contributed by atoms with Crippen LogP contribution < -0.4 is 10.6 Å². The van der Waals surface area contributed by atoms with Crippen LogP contribution in [-0.2, 0) is 9.59 Å². The number of carbonyl (C=O) groups excluding carboxylic acids is 3. The summed E-state index contributed by atoms with van der Waals surface area (Å²) in [5.74, 6) is -0.482. The molecular weight excluding hydrogens is 252 g/mol. The van der Waals surface area contributed by atoms with Crippen molar-refractivity contribution in [2.45, 2.75) is 17.9 Å². The Bertz CT molecular complexity index is 530. The molecule has 2 rings (SSSR count). The Balaban J connectivity index is 2.51. The second-order valence-corrected chi connectivity index (χ2v) is 4.99. The van der Waals surface area contributed by atoms with Crippen molar-refractivity contribution in [2.24, 2.45) is 5.73 Å². The van der Waals surface area contributed by atoms with Crippen molar-refractivity contribution in [1.82, 2.24) is 0 Å². The summed E-state index contributed by atoms with van der Waals surface area (Å²) in [5.41, 5.74) is 6.29. The molecule has 1 heterocycles. The van der Waals surface area contributed by atoms with Crippen LogP contribution in [0.4, 0.5) is 5.69 Å². The minimum atomic E-state index is -0.723. The van der Waals surface area contributed by atoms with Crippen LogP contribution in [0.3, 0.4) is 0 Å². The molecule has 18 heavy (non-hydrogen) atoms. The van der Waals surface area contributed by atoms with Gasteiger partial charge in [0.25, 0.3) is 0 Å². The summed E-state index contributed by atoms with van der Waals surface area (Å²) in [7, 11) is 0. The van der Waals surface area contributed by atoms with E-state index in [0.29, 0.717) is 17.5 Å². The fourth-order valence-electron chi connectivity index (χ4n) is 1.81. The summed E-state index contributed by atoms with van der Waals surface area (Å²) in [6, 6.07) is 4.34. The average molecular weight is 264 g/mol. The van der Waals surface area contributed by atoms with Gasteiger partial charge in [0.15, 0.2) is 0 Å². The van der Waals surface area contributed by atoms with Gasteiger partial charge in [0.1, 0.15) is 12.3 Å². The minimum Gasteiger partial charge on any atom is -0.368 e. The van der Waals surface area contributed by atoms with Crippen LogP contribution >= 0.6 is 11.8 Å². The third-order valence-electron chi connectivity index (χ3n) is 2.80. The molecule has 0 spiro atoms. The Morgan fingerprint density at radius 1 is 1.56 bits per heavy atom. The molecule has 2 amide bonds. The Morgan fingerprint density at radius 2 is 2.28 bits per heavy atom. The van der Waals surface area contributed by atoms with Crippen molar-refractivity contribution in [2.75, 3.05) is 10.7 Å². The van der Waals surface area contributed by atoms with Crippen LogP contribution in [-0.4, -0.2) is 29.9 Å². The number of nitrogens with zero attached hydrogens (tertiary/aromatic N) is 1. The van der Waals surface area contributed by atoms with Gasteiger partial charge in [-0.3, -0.25) is 19.3 Å². The lowest BCUT2D eigenvalue weighted by molar-refractivity contribution is -0.123. The van der Waals surface area contributed by atoms with E-state index < -0.39 is 11.9 Å². The Kier molecular flexibility index (Phi) is 3.38. The van der Waals surface area contributed by atoms with E-state index in [9.17, 15) is 14.4 Å². The molecule has 1 aromatic rings. The molecule has 1 atom stereocenters. The largest absolute Gasteiger partial charge is 0.368 e. The molecule has 0 aromatic heterocycles. The number of amides is 2. The Labute approximate surface area is 108 Å². The van der Waals surface area contributed by atoms with Gasteiger partial charge in [0, 0.05) is 10.5 Å². The number of thioether (sulfide) groups is 1. The highest BCUT2D eigenvalue weighted by Crippen LogP contribution is 2.36. The molecule has 5 nitrogen and oxygen atoms in total. The van der Waals surface area contributed by atoms with Crippen LogP contribution in [0.1, 0.15) is 17.3 Å². The average Bonchev–Trinajstić information content (AvgIpc) is 2.37. The molecule has 1 aliphatic rings. The number of anilines is 1. The van der Waals surface area contributed by atoms with Crippen LogP contribution in [0.25, 0.3) is 0 Å². The molecule has 1 unspecified atom stereocenters. The molecule has 0 fully saturated rings. The number of aldehydes is 1. The van der Waals surface area contributed by atoms with E-state index in [4.69, 9.17) is 5.73 Å². The highest BCUT2D eigenvalue weighted by atomic mass is 32.2.